The number of hydrogen-bond donors (Lipinski definition) is 0. The van der Waals surface area contributed by atoms with Gasteiger partial charge in [-0.15, -0.1) is 0 Å². The smallest absolute Gasteiger partial charge is 0.150 e. The molecule has 0 saturated carbocycles. The fourth-order valence-electron chi connectivity index (χ4n) is 0.179. The summed E-state index contributed by atoms with van der Waals surface area (Å²) in [6.45, 7) is 6.66. The van der Waals surface area contributed by atoms with Crippen LogP contribution in [0.1, 0.15) is 0 Å². The maximum absolute atomic E-state index is 9.79. The lowest BCUT2D eigenvalue weighted by Gasteiger charge is -1.76. The van der Waals surface area contributed by atoms with E-state index >= 15 is 0 Å². The first-order valence-corrected chi connectivity index (χ1v) is 2.09. The molecule has 0 aliphatic carbocycles. The van der Waals surface area contributed by atoms with Crippen molar-refractivity contribution < 1.29 is 4.79 Å². The molecular formula is C6H7NO. The lowest BCUT2D eigenvalue weighted by atomic mass is 10.4. The molecule has 0 spiro atoms. The predicted octanol–water partition coefficient (Wildman–Crippen LogP) is 0.956. The van der Waals surface area contributed by atoms with Crippen LogP contribution in [0.25, 0.3) is 0 Å². The number of aldehydes is 1. The van der Waals surface area contributed by atoms with Crippen molar-refractivity contribution in [1.82, 2.24) is 0 Å². The molecule has 0 aliphatic rings. The van der Waals surface area contributed by atoms with E-state index in [1.54, 1.807) is 0 Å². The number of allylic oxidation sites excluding steroid dienone is 1. The fraction of sp³-hybridized carbons (Fsp3) is 0. The molecule has 0 bridgehead atoms. The van der Waals surface area contributed by atoms with Crippen molar-refractivity contribution in [2.24, 2.45) is 4.99 Å². The molecule has 0 aromatic heterocycles. The number of aliphatic imine (C=N–C) groups is 1. The second-order valence-electron chi connectivity index (χ2n) is 1.15. The number of hydrogen-bond acceptors (Lipinski definition) is 2. The summed E-state index contributed by atoms with van der Waals surface area (Å²) in [6.07, 6.45) is 3.32. The maximum Gasteiger partial charge on any atom is 0.150 e. The van der Waals surface area contributed by atoms with Gasteiger partial charge in [-0.2, -0.15) is 0 Å². The van der Waals surface area contributed by atoms with E-state index in [-0.39, 0.29) is 0 Å². The molecule has 0 amide bonds. The van der Waals surface area contributed by atoms with Crippen LogP contribution in [0.15, 0.2) is 29.9 Å². The zero-order valence-electron chi connectivity index (χ0n) is 4.50. The second kappa shape index (κ2) is 3.99. The van der Waals surface area contributed by atoms with Gasteiger partial charge in [0.15, 0.2) is 6.29 Å². The summed E-state index contributed by atoms with van der Waals surface area (Å²) >= 11 is 0. The van der Waals surface area contributed by atoms with Gasteiger partial charge in [0.1, 0.15) is 0 Å². The van der Waals surface area contributed by atoms with Crippen molar-refractivity contribution in [2.75, 3.05) is 0 Å². The molecule has 0 fully saturated rings. The summed E-state index contributed by atoms with van der Waals surface area (Å²) in [5.41, 5.74) is 0.352. The highest BCUT2D eigenvalue weighted by Crippen LogP contribution is 1.75. The Morgan fingerprint density at radius 2 is 2.25 bits per heavy atom. The maximum atomic E-state index is 9.79. The molecule has 2 nitrogen and oxygen atoms in total. The van der Waals surface area contributed by atoms with E-state index in [1.165, 1.54) is 12.4 Å². The van der Waals surface area contributed by atoms with E-state index in [0.29, 0.717) is 11.9 Å². The SMILES string of the molecule is C=CN=CC(=C)C=O. The molecule has 8 heavy (non-hydrogen) atoms. The van der Waals surface area contributed by atoms with Gasteiger partial charge >= 0.3 is 0 Å². The fourth-order valence-corrected chi connectivity index (χ4v) is 0.179. The first kappa shape index (κ1) is 6.82. The van der Waals surface area contributed by atoms with Crippen molar-refractivity contribution >= 4 is 12.5 Å². The van der Waals surface area contributed by atoms with Gasteiger partial charge in [-0.3, -0.25) is 9.79 Å². The van der Waals surface area contributed by atoms with E-state index in [9.17, 15) is 4.79 Å². The van der Waals surface area contributed by atoms with Crippen LogP contribution in [0.2, 0.25) is 0 Å². The minimum Gasteiger partial charge on any atom is -0.298 e. The monoisotopic (exact) mass is 109 g/mol. The Morgan fingerprint density at radius 3 is 2.62 bits per heavy atom. The zero-order valence-corrected chi connectivity index (χ0v) is 4.50. The molecule has 0 rings (SSSR count). The summed E-state index contributed by atoms with van der Waals surface area (Å²) in [5.74, 6) is 0. The molecule has 0 unspecified atom stereocenters. The van der Waals surface area contributed by atoms with Crippen LogP contribution >= 0.6 is 0 Å². The Labute approximate surface area is 48.2 Å². The number of carbonyl (C=O) groups is 1. The van der Waals surface area contributed by atoms with E-state index < -0.39 is 0 Å². The second-order valence-corrected chi connectivity index (χ2v) is 1.15. The lowest BCUT2D eigenvalue weighted by Crippen LogP contribution is -1.79. The zero-order chi connectivity index (χ0) is 6.41. The van der Waals surface area contributed by atoms with Crippen LogP contribution in [0.4, 0.5) is 0 Å². The van der Waals surface area contributed by atoms with Crippen LogP contribution < -0.4 is 0 Å². The highest BCUT2D eigenvalue weighted by molar-refractivity contribution is 6.01. The van der Waals surface area contributed by atoms with Gasteiger partial charge in [-0.1, -0.05) is 13.2 Å². The molecular weight excluding hydrogens is 102 g/mol. The summed E-state index contributed by atoms with van der Waals surface area (Å²) in [4.78, 5) is 13.3. The first-order chi connectivity index (χ1) is 3.81. The largest absolute Gasteiger partial charge is 0.298 e. The van der Waals surface area contributed by atoms with Gasteiger partial charge in [0, 0.05) is 18.0 Å². The van der Waals surface area contributed by atoms with E-state index in [1.807, 2.05) is 0 Å². The predicted molar refractivity (Wildman–Crippen MR) is 33.9 cm³/mol. The van der Waals surface area contributed by atoms with Crippen LogP contribution in [0.3, 0.4) is 0 Å². The first-order valence-electron chi connectivity index (χ1n) is 2.09. The molecule has 0 aliphatic heterocycles. The third-order valence-corrected chi connectivity index (χ3v) is 0.497. The normalized spacial score (nSPS) is 9.00. The number of rotatable bonds is 3. The molecule has 0 saturated heterocycles. The summed E-state index contributed by atoms with van der Waals surface area (Å²) in [6, 6.07) is 0. The van der Waals surface area contributed by atoms with Crippen LogP contribution in [0, 0.1) is 0 Å². The molecule has 0 radical (unpaired) electrons. The summed E-state index contributed by atoms with van der Waals surface area (Å²) < 4.78 is 0. The molecule has 0 aromatic carbocycles. The van der Waals surface area contributed by atoms with E-state index in [0.717, 1.165) is 0 Å². The molecule has 2 heteroatoms. The number of carbonyl (C=O) groups excluding carboxylic acids is 1. The van der Waals surface area contributed by atoms with E-state index in [2.05, 4.69) is 18.2 Å². The van der Waals surface area contributed by atoms with Crippen LogP contribution in [0.5, 0.6) is 0 Å². The minimum atomic E-state index is 0.352. The number of nitrogens with zero attached hydrogens (tertiary/aromatic N) is 1. The van der Waals surface area contributed by atoms with Crippen LogP contribution in [-0.4, -0.2) is 12.5 Å². The van der Waals surface area contributed by atoms with Crippen molar-refractivity contribution in [2.45, 2.75) is 0 Å². The Bertz CT molecular complexity index is 135. The Morgan fingerprint density at radius 1 is 1.62 bits per heavy atom. The Hall–Kier alpha value is -1.18. The molecule has 0 atom stereocenters. The molecule has 0 aromatic rings. The standard InChI is InChI=1S/C6H7NO/c1-3-7-4-6(2)5-8/h3-5H,1-2H2. The average molecular weight is 109 g/mol. The van der Waals surface area contributed by atoms with Crippen molar-refractivity contribution in [1.29, 1.82) is 0 Å². The minimum absolute atomic E-state index is 0.352. The third kappa shape index (κ3) is 3.03. The average Bonchev–Trinajstić information content (AvgIpc) is 1.83. The summed E-state index contributed by atoms with van der Waals surface area (Å²) in [5, 5.41) is 0. The molecule has 42 valence electrons. The van der Waals surface area contributed by atoms with Gasteiger partial charge in [0.2, 0.25) is 0 Å². The van der Waals surface area contributed by atoms with Gasteiger partial charge in [0.25, 0.3) is 0 Å². The highest BCUT2D eigenvalue weighted by Gasteiger charge is 1.77. The molecule has 0 N–H and O–H groups in total. The summed E-state index contributed by atoms with van der Waals surface area (Å²) in [7, 11) is 0. The molecule has 0 heterocycles. The van der Waals surface area contributed by atoms with Crippen LogP contribution in [-0.2, 0) is 4.79 Å². The van der Waals surface area contributed by atoms with Gasteiger partial charge in [-0.25, -0.2) is 0 Å². The van der Waals surface area contributed by atoms with Gasteiger partial charge in [-0.05, 0) is 0 Å². The highest BCUT2D eigenvalue weighted by atomic mass is 16.1. The lowest BCUT2D eigenvalue weighted by molar-refractivity contribution is -0.104. The van der Waals surface area contributed by atoms with Gasteiger partial charge < -0.3 is 0 Å². The van der Waals surface area contributed by atoms with Gasteiger partial charge in [0.05, 0.1) is 0 Å². The third-order valence-electron chi connectivity index (χ3n) is 0.497. The topological polar surface area (TPSA) is 29.4 Å². The quantitative estimate of drug-likeness (QED) is 0.301. The van der Waals surface area contributed by atoms with Crippen molar-refractivity contribution in [3.05, 3.63) is 24.9 Å². The Balaban J connectivity index is 3.69. The Kier molecular flexibility index (Phi) is 3.40. The van der Waals surface area contributed by atoms with Crippen molar-refractivity contribution in [3.63, 3.8) is 0 Å². The van der Waals surface area contributed by atoms with E-state index in [4.69, 9.17) is 0 Å². The van der Waals surface area contributed by atoms with Crippen molar-refractivity contribution in [3.8, 4) is 0 Å².